The molecule has 3 atom stereocenters. The van der Waals surface area contributed by atoms with E-state index in [1.807, 2.05) is 60.9 Å². The number of nitrogens with zero attached hydrogens (tertiary/aromatic N) is 1. The van der Waals surface area contributed by atoms with E-state index in [1.54, 1.807) is 0 Å². The van der Waals surface area contributed by atoms with E-state index in [4.69, 9.17) is 11.1 Å². The molecule has 0 aliphatic carbocycles. The van der Waals surface area contributed by atoms with Crippen molar-refractivity contribution in [3.05, 3.63) is 76.3 Å². The van der Waals surface area contributed by atoms with Gasteiger partial charge in [-0.3, -0.25) is 19.9 Å². The Balaban J connectivity index is 1.54. The second-order valence-electron chi connectivity index (χ2n) is 7.91. The zero-order valence-electron chi connectivity index (χ0n) is 18.8. The molecule has 2 aromatic carbocycles. The number of benzene rings is 2. The Hall–Kier alpha value is -2.89. The monoisotopic (exact) mass is 528 g/mol. The number of nitrogens with one attached hydrogen (secondary N) is 2. The maximum Gasteiger partial charge on any atom is 0.353 e. The lowest BCUT2D eigenvalue weighted by molar-refractivity contribution is -0.150. The fraction of sp³-hybridized carbons (Fsp3) is 0.250. The Labute approximate surface area is 215 Å². The number of carbonyl (C=O) groups is 3. The number of β-lactam (4-membered cyclic amide) rings is 1. The van der Waals surface area contributed by atoms with Crippen molar-refractivity contribution >= 4 is 58.9 Å². The molecule has 2 aliphatic heterocycles. The van der Waals surface area contributed by atoms with Crippen LogP contribution >= 0.6 is 35.3 Å². The lowest BCUT2D eigenvalue weighted by Crippen LogP contribution is -2.70. The molecule has 2 aromatic rings. The summed E-state index contributed by atoms with van der Waals surface area (Å²) < 4.78 is 0. The summed E-state index contributed by atoms with van der Waals surface area (Å²) in [6.45, 7) is 0. The smallest absolute Gasteiger partial charge is 0.353 e. The molecule has 4 rings (SSSR count). The van der Waals surface area contributed by atoms with Crippen LogP contribution in [0.1, 0.15) is 16.4 Å². The van der Waals surface area contributed by atoms with E-state index in [9.17, 15) is 19.5 Å². The quantitative estimate of drug-likeness (QED) is 0.221. The van der Waals surface area contributed by atoms with Crippen LogP contribution < -0.4 is 11.1 Å². The van der Waals surface area contributed by atoms with Crippen molar-refractivity contribution < 1.29 is 19.5 Å². The van der Waals surface area contributed by atoms with Gasteiger partial charge in [0.25, 0.3) is 5.91 Å². The molecule has 0 saturated carbocycles. The third-order valence-corrected chi connectivity index (χ3v) is 9.23. The number of hydrogen-bond donors (Lipinski definition) is 4. The Bertz CT molecular complexity index is 1200. The lowest BCUT2D eigenvalue weighted by atomic mass is 10.0. The molecular weight excluding hydrogens is 504 g/mol. The maximum absolute atomic E-state index is 13.0. The zero-order valence-corrected chi connectivity index (χ0v) is 21.2. The van der Waals surface area contributed by atoms with Crippen LogP contribution in [0.3, 0.4) is 0 Å². The normalized spacial score (nSPS) is 20.0. The first kappa shape index (κ1) is 25.2. The third-order valence-electron chi connectivity index (χ3n) is 5.61. The standard InChI is InChI=1S/C24H24N4O4S3/c1-33-20(21(25)26)14-9-5-6-10-15(14)35-16-12-34-23-18(22(30)28(23)19(16)24(31)32)27-17(29)11-13-7-3-2-4-8-13/h2-10,18,20,23H,11-12H2,1H3,(H3,25,26)(H,27,29)(H,31,32)/t18-,20?,23-/m1/s1. The first-order chi connectivity index (χ1) is 16.8. The number of carbonyl (C=O) groups excluding carboxylic acids is 2. The van der Waals surface area contributed by atoms with E-state index in [1.165, 1.54) is 40.2 Å². The topological polar surface area (TPSA) is 137 Å². The molecular formula is C24H24N4O4S3. The number of amides is 2. The first-order valence-electron chi connectivity index (χ1n) is 10.7. The van der Waals surface area contributed by atoms with Crippen molar-refractivity contribution in [1.29, 1.82) is 5.41 Å². The Morgan fingerprint density at radius 3 is 2.57 bits per heavy atom. The summed E-state index contributed by atoms with van der Waals surface area (Å²) in [6.07, 6.45) is 2.01. The molecule has 2 amide bonds. The van der Waals surface area contributed by atoms with Crippen molar-refractivity contribution in [3.8, 4) is 0 Å². The van der Waals surface area contributed by atoms with E-state index in [-0.39, 0.29) is 29.1 Å². The van der Waals surface area contributed by atoms with Gasteiger partial charge in [0.05, 0.1) is 11.7 Å². The lowest BCUT2D eigenvalue weighted by Gasteiger charge is -2.49. The first-order valence-corrected chi connectivity index (χ1v) is 13.8. The van der Waals surface area contributed by atoms with Gasteiger partial charge in [0, 0.05) is 15.6 Å². The number of nitrogens with two attached hydrogens (primary N) is 1. The van der Waals surface area contributed by atoms with Gasteiger partial charge in [-0.15, -0.1) is 23.5 Å². The van der Waals surface area contributed by atoms with Gasteiger partial charge >= 0.3 is 5.97 Å². The summed E-state index contributed by atoms with van der Waals surface area (Å²) in [6, 6.07) is 15.9. The van der Waals surface area contributed by atoms with E-state index in [0.717, 1.165) is 16.0 Å². The van der Waals surface area contributed by atoms with Crippen LogP contribution in [0.2, 0.25) is 0 Å². The molecule has 0 spiro atoms. The molecule has 2 heterocycles. The average molecular weight is 529 g/mol. The highest BCUT2D eigenvalue weighted by Crippen LogP contribution is 2.46. The second-order valence-corrected chi connectivity index (χ2v) is 11.1. The Morgan fingerprint density at radius 2 is 1.91 bits per heavy atom. The van der Waals surface area contributed by atoms with E-state index in [0.29, 0.717) is 10.7 Å². The summed E-state index contributed by atoms with van der Waals surface area (Å²) in [5.74, 6) is -1.51. The maximum atomic E-state index is 13.0. The molecule has 0 aromatic heterocycles. The van der Waals surface area contributed by atoms with Gasteiger partial charge in [-0.2, -0.15) is 0 Å². The fourth-order valence-corrected chi connectivity index (χ4v) is 7.44. The number of rotatable bonds is 9. The van der Waals surface area contributed by atoms with Gasteiger partial charge in [-0.25, -0.2) is 4.79 Å². The van der Waals surface area contributed by atoms with E-state index >= 15 is 0 Å². The van der Waals surface area contributed by atoms with Gasteiger partial charge in [-0.1, -0.05) is 60.3 Å². The van der Waals surface area contributed by atoms with Gasteiger partial charge < -0.3 is 16.2 Å². The van der Waals surface area contributed by atoms with Crippen molar-refractivity contribution in [3.63, 3.8) is 0 Å². The highest BCUT2D eigenvalue weighted by Gasteiger charge is 2.54. The minimum atomic E-state index is -1.19. The molecule has 0 radical (unpaired) electrons. The van der Waals surface area contributed by atoms with Crippen molar-refractivity contribution in [1.82, 2.24) is 10.2 Å². The predicted octanol–water partition coefficient (Wildman–Crippen LogP) is 3.06. The molecule has 182 valence electrons. The van der Waals surface area contributed by atoms with Crippen molar-refractivity contribution in [2.75, 3.05) is 12.0 Å². The Morgan fingerprint density at radius 1 is 1.23 bits per heavy atom. The van der Waals surface area contributed by atoms with Crippen molar-refractivity contribution in [2.45, 2.75) is 28.0 Å². The summed E-state index contributed by atoms with van der Waals surface area (Å²) in [5, 5.41) is 19.8. The molecule has 0 bridgehead atoms. The van der Waals surface area contributed by atoms with Gasteiger partial charge in [0.15, 0.2) is 0 Å². The summed E-state index contributed by atoms with van der Waals surface area (Å²) in [4.78, 5) is 40.3. The number of aliphatic carboxylic acids is 1. The zero-order chi connectivity index (χ0) is 25.1. The minimum absolute atomic E-state index is 0.0167. The van der Waals surface area contributed by atoms with E-state index in [2.05, 4.69) is 5.32 Å². The molecule has 1 fully saturated rings. The number of fused-ring (bicyclic) bond motifs is 1. The molecule has 1 unspecified atom stereocenters. The van der Waals surface area contributed by atoms with Crippen LogP contribution in [0.4, 0.5) is 0 Å². The largest absolute Gasteiger partial charge is 0.477 e. The third kappa shape index (κ3) is 5.21. The molecule has 35 heavy (non-hydrogen) atoms. The van der Waals surface area contributed by atoms with Crippen LogP contribution in [-0.4, -0.2) is 57.1 Å². The van der Waals surface area contributed by atoms with E-state index < -0.39 is 23.3 Å². The minimum Gasteiger partial charge on any atom is -0.477 e. The Kier molecular flexibility index (Phi) is 7.78. The van der Waals surface area contributed by atoms with Gasteiger partial charge in [0.2, 0.25) is 5.91 Å². The summed E-state index contributed by atoms with van der Waals surface area (Å²) in [5.41, 5.74) is 7.38. The predicted molar refractivity (Wildman–Crippen MR) is 140 cm³/mol. The molecule has 2 aliphatic rings. The van der Waals surface area contributed by atoms with Crippen LogP contribution in [0.15, 0.2) is 70.1 Å². The molecule has 8 nitrogen and oxygen atoms in total. The van der Waals surface area contributed by atoms with Gasteiger partial charge in [0.1, 0.15) is 22.9 Å². The fourth-order valence-electron chi connectivity index (χ4n) is 4.02. The molecule has 1 saturated heterocycles. The highest BCUT2D eigenvalue weighted by molar-refractivity contribution is 8.06. The molecule has 5 N–H and O–H groups in total. The van der Waals surface area contributed by atoms with Crippen LogP contribution in [0.25, 0.3) is 0 Å². The molecule has 11 heteroatoms. The summed E-state index contributed by atoms with van der Waals surface area (Å²) in [7, 11) is 0. The van der Waals surface area contributed by atoms with Crippen LogP contribution in [0.5, 0.6) is 0 Å². The van der Waals surface area contributed by atoms with Gasteiger partial charge in [-0.05, 0) is 23.4 Å². The number of carboxylic acid groups (broad SMARTS) is 1. The summed E-state index contributed by atoms with van der Waals surface area (Å²) >= 11 is 4.13. The number of carboxylic acids is 1. The average Bonchev–Trinajstić information content (AvgIpc) is 2.84. The number of amidine groups is 1. The van der Waals surface area contributed by atoms with Crippen LogP contribution in [0, 0.1) is 5.41 Å². The highest BCUT2D eigenvalue weighted by atomic mass is 32.2. The van der Waals surface area contributed by atoms with Crippen molar-refractivity contribution in [2.24, 2.45) is 5.73 Å². The second kappa shape index (κ2) is 10.8. The number of thioether (sulfide) groups is 3. The van der Waals surface area contributed by atoms with Crippen LogP contribution in [-0.2, 0) is 20.8 Å². The SMILES string of the molecule is CSC(C(=N)N)c1ccccc1SC1=C(C(=O)O)N2C(=O)[C@@H](NC(=O)Cc3ccccc3)[C@H]2SC1. The number of hydrogen-bond acceptors (Lipinski definition) is 7.